The number of benzene rings is 1. The van der Waals surface area contributed by atoms with Crippen molar-refractivity contribution < 1.29 is 27.4 Å². The van der Waals surface area contributed by atoms with Gasteiger partial charge in [0.2, 0.25) is 5.88 Å². The third-order valence-corrected chi connectivity index (χ3v) is 5.92. The number of nitrogens with zero attached hydrogens (tertiary/aromatic N) is 6. The Morgan fingerprint density at radius 3 is 2.35 bits per heavy atom. The van der Waals surface area contributed by atoms with Gasteiger partial charge in [-0.05, 0) is 18.4 Å². The van der Waals surface area contributed by atoms with Crippen molar-refractivity contribution in [3.63, 3.8) is 0 Å². The molecule has 5 rings (SSSR count). The third-order valence-electron chi connectivity index (χ3n) is 5.92. The van der Waals surface area contributed by atoms with Crippen LogP contribution in [0.5, 0.6) is 17.5 Å². The van der Waals surface area contributed by atoms with Crippen molar-refractivity contribution in [3.05, 3.63) is 59.9 Å². The minimum atomic E-state index is -4.51. The molecule has 0 amide bonds. The van der Waals surface area contributed by atoms with E-state index in [1.165, 1.54) is 38.4 Å². The number of aromatic nitrogens is 6. The molecular formula is C25H23F3N6O3. The smallest absolute Gasteiger partial charge is 0.434 e. The van der Waals surface area contributed by atoms with Gasteiger partial charge in [-0.1, -0.05) is 24.3 Å². The zero-order valence-corrected chi connectivity index (χ0v) is 20.3. The van der Waals surface area contributed by atoms with E-state index in [4.69, 9.17) is 14.2 Å². The molecule has 192 valence electrons. The second kappa shape index (κ2) is 9.68. The van der Waals surface area contributed by atoms with E-state index in [2.05, 4.69) is 24.9 Å². The van der Waals surface area contributed by atoms with Gasteiger partial charge in [-0.3, -0.25) is 0 Å². The van der Waals surface area contributed by atoms with Crippen molar-refractivity contribution in [1.82, 2.24) is 29.5 Å². The highest BCUT2D eigenvalue weighted by Crippen LogP contribution is 2.45. The molecule has 0 unspecified atom stereocenters. The van der Waals surface area contributed by atoms with Gasteiger partial charge < -0.3 is 18.8 Å². The highest BCUT2D eigenvalue weighted by molar-refractivity contribution is 5.66. The van der Waals surface area contributed by atoms with Gasteiger partial charge in [-0.25, -0.2) is 19.9 Å². The molecule has 4 aromatic rings. The lowest BCUT2D eigenvalue weighted by Crippen LogP contribution is -2.05. The Kier molecular flexibility index (Phi) is 6.40. The maximum absolute atomic E-state index is 13.0. The number of alkyl halides is 3. The molecule has 9 nitrogen and oxygen atoms in total. The fourth-order valence-electron chi connectivity index (χ4n) is 3.91. The first-order valence-electron chi connectivity index (χ1n) is 11.4. The SMILES string of the molecule is COc1cnc(-c2c(OC)ncnc2C2CC2)nc1OCc1ccc(-c2nc(C(F)(F)F)cn2C)cc1. The molecule has 0 bridgehead atoms. The summed E-state index contributed by atoms with van der Waals surface area (Å²) in [6.45, 7) is 0.138. The number of hydrogen-bond acceptors (Lipinski definition) is 8. The largest absolute Gasteiger partial charge is 0.490 e. The number of methoxy groups -OCH3 is 2. The van der Waals surface area contributed by atoms with E-state index in [0.29, 0.717) is 34.5 Å². The summed E-state index contributed by atoms with van der Waals surface area (Å²) < 4.78 is 57.1. The van der Waals surface area contributed by atoms with Gasteiger partial charge in [-0.15, -0.1) is 0 Å². The van der Waals surface area contributed by atoms with Gasteiger partial charge in [0.25, 0.3) is 5.88 Å². The lowest BCUT2D eigenvalue weighted by atomic mass is 10.1. The Morgan fingerprint density at radius 2 is 1.73 bits per heavy atom. The highest BCUT2D eigenvalue weighted by Gasteiger charge is 2.34. The summed E-state index contributed by atoms with van der Waals surface area (Å²) in [5.41, 5.74) is 1.84. The van der Waals surface area contributed by atoms with Crippen molar-refractivity contribution in [2.24, 2.45) is 7.05 Å². The topological polar surface area (TPSA) is 97.1 Å². The predicted molar refractivity (Wildman–Crippen MR) is 126 cm³/mol. The molecule has 1 aliphatic rings. The standard InChI is InChI=1S/C25H23F3N6O3/c1-34-11-18(25(26,27)28)32-22(34)16-6-4-14(5-7-16)12-37-23-17(35-2)10-29-21(33-23)19-20(15-8-9-15)30-13-31-24(19)36-3/h4-7,10-11,13,15H,8-9,12H2,1-3H3. The van der Waals surface area contributed by atoms with Gasteiger partial charge in [-0.2, -0.15) is 18.2 Å². The first-order valence-corrected chi connectivity index (χ1v) is 11.4. The van der Waals surface area contributed by atoms with Crippen molar-refractivity contribution in [3.8, 4) is 40.3 Å². The minimum Gasteiger partial charge on any atom is -0.490 e. The van der Waals surface area contributed by atoms with Gasteiger partial charge in [0.05, 0.1) is 26.1 Å². The van der Waals surface area contributed by atoms with Crippen LogP contribution in [0, 0.1) is 0 Å². The second-order valence-electron chi connectivity index (χ2n) is 8.53. The fraction of sp³-hybridized carbons (Fsp3) is 0.320. The average molecular weight is 512 g/mol. The van der Waals surface area contributed by atoms with Crippen LogP contribution in [0.15, 0.2) is 43.0 Å². The Labute approximate surface area is 210 Å². The first-order chi connectivity index (χ1) is 17.8. The Bertz CT molecular complexity index is 1420. The predicted octanol–water partition coefficient (Wildman–Crippen LogP) is 4.83. The Morgan fingerprint density at radius 1 is 0.973 bits per heavy atom. The normalized spacial score (nSPS) is 13.5. The van der Waals surface area contributed by atoms with Crippen LogP contribution in [0.1, 0.15) is 35.7 Å². The number of imidazole rings is 1. The van der Waals surface area contributed by atoms with Crippen LogP contribution in [-0.4, -0.2) is 43.7 Å². The molecule has 0 saturated heterocycles. The van der Waals surface area contributed by atoms with Crippen LogP contribution in [-0.2, 0) is 19.8 Å². The monoisotopic (exact) mass is 512 g/mol. The van der Waals surface area contributed by atoms with Crippen LogP contribution >= 0.6 is 0 Å². The molecule has 1 aromatic carbocycles. The van der Waals surface area contributed by atoms with Crippen LogP contribution in [0.4, 0.5) is 13.2 Å². The third kappa shape index (κ3) is 5.04. The molecule has 1 aliphatic carbocycles. The van der Waals surface area contributed by atoms with Crippen LogP contribution < -0.4 is 14.2 Å². The van der Waals surface area contributed by atoms with E-state index in [1.807, 2.05) is 0 Å². The zero-order valence-electron chi connectivity index (χ0n) is 20.3. The summed E-state index contributed by atoms with van der Waals surface area (Å²) in [6.07, 6.45) is 1.50. The number of ether oxygens (including phenoxy) is 3. The molecule has 3 aromatic heterocycles. The molecule has 1 fully saturated rings. The molecule has 0 atom stereocenters. The van der Waals surface area contributed by atoms with E-state index in [9.17, 15) is 13.2 Å². The lowest BCUT2D eigenvalue weighted by Gasteiger charge is -2.14. The van der Waals surface area contributed by atoms with Gasteiger partial charge >= 0.3 is 6.18 Å². The Balaban J connectivity index is 1.38. The maximum atomic E-state index is 13.0. The van der Waals surface area contributed by atoms with Crippen LogP contribution in [0.25, 0.3) is 22.8 Å². The average Bonchev–Trinajstić information content (AvgIpc) is 3.67. The molecule has 37 heavy (non-hydrogen) atoms. The summed E-state index contributed by atoms with van der Waals surface area (Å²) in [4.78, 5) is 21.4. The van der Waals surface area contributed by atoms with E-state index in [-0.39, 0.29) is 18.3 Å². The Hall–Kier alpha value is -4.22. The molecule has 1 saturated carbocycles. The summed E-state index contributed by atoms with van der Waals surface area (Å²) in [5, 5.41) is 0. The number of halogens is 3. The van der Waals surface area contributed by atoms with Crippen molar-refractivity contribution in [2.75, 3.05) is 14.2 Å². The second-order valence-corrected chi connectivity index (χ2v) is 8.53. The molecule has 0 radical (unpaired) electrons. The fourth-order valence-corrected chi connectivity index (χ4v) is 3.91. The van der Waals surface area contributed by atoms with Crippen molar-refractivity contribution in [1.29, 1.82) is 0 Å². The van der Waals surface area contributed by atoms with Gasteiger partial charge in [0.1, 0.15) is 24.3 Å². The molecule has 0 aliphatic heterocycles. The molecule has 0 N–H and O–H groups in total. The highest BCUT2D eigenvalue weighted by atomic mass is 19.4. The molecular weight excluding hydrogens is 489 g/mol. The summed E-state index contributed by atoms with van der Waals surface area (Å²) in [5.74, 6) is 1.84. The summed E-state index contributed by atoms with van der Waals surface area (Å²) in [7, 11) is 4.54. The van der Waals surface area contributed by atoms with Crippen LogP contribution in [0.2, 0.25) is 0 Å². The van der Waals surface area contributed by atoms with E-state index in [1.54, 1.807) is 24.3 Å². The number of rotatable bonds is 8. The van der Waals surface area contributed by atoms with E-state index >= 15 is 0 Å². The van der Waals surface area contributed by atoms with Crippen molar-refractivity contribution >= 4 is 0 Å². The molecule has 3 heterocycles. The quantitative estimate of drug-likeness (QED) is 0.331. The minimum absolute atomic E-state index is 0.138. The first kappa shape index (κ1) is 24.5. The van der Waals surface area contributed by atoms with Crippen LogP contribution in [0.3, 0.4) is 0 Å². The zero-order chi connectivity index (χ0) is 26.2. The van der Waals surface area contributed by atoms with E-state index in [0.717, 1.165) is 30.3 Å². The van der Waals surface area contributed by atoms with E-state index < -0.39 is 11.9 Å². The van der Waals surface area contributed by atoms with Gasteiger partial charge in [0.15, 0.2) is 17.3 Å². The summed E-state index contributed by atoms with van der Waals surface area (Å²) >= 11 is 0. The van der Waals surface area contributed by atoms with Gasteiger partial charge in [0, 0.05) is 24.7 Å². The maximum Gasteiger partial charge on any atom is 0.434 e. The summed E-state index contributed by atoms with van der Waals surface area (Å²) in [6, 6.07) is 6.89. The van der Waals surface area contributed by atoms with Crippen molar-refractivity contribution in [2.45, 2.75) is 31.5 Å². The number of aryl methyl sites for hydroxylation is 1. The lowest BCUT2D eigenvalue weighted by molar-refractivity contribution is -0.140. The molecule has 12 heteroatoms. The molecule has 0 spiro atoms. The number of hydrogen-bond donors (Lipinski definition) is 0.